The molecule has 0 aliphatic carbocycles. The Labute approximate surface area is 247 Å². The summed E-state index contributed by atoms with van der Waals surface area (Å²) in [6.07, 6.45) is -5.99. The van der Waals surface area contributed by atoms with Crippen LogP contribution in [-0.2, 0) is 14.3 Å². The number of hydrogen-bond acceptors (Lipinski definition) is 14. The van der Waals surface area contributed by atoms with Gasteiger partial charge < -0.3 is 59.5 Å². The summed E-state index contributed by atoms with van der Waals surface area (Å²) < 4.78 is 22.0. The third kappa shape index (κ3) is 6.23. The van der Waals surface area contributed by atoms with Gasteiger partial charge in [-0.3, -0.25) is 4.79 Å². The molecule has 0 bridgehead atoms. The van der Waals surface area contributed by atoms with Crippen LogP contribution < -0.4 is 10.2 Å². The van der Waals surface area contributed by atoms with E-state index in [4.69, 9.17) is 18.6 Å². The number of phenolic OH excluding ortho intramolecular Hbond substituents is 5. The Hall–Kier alpha value is -5.28. The van der Waals surface area contributed by atoms with E-state index in [0.717, 1.165) is 18.2 Å². The van der Waals surface area contributed by atoms with E-state index in [2.05, 4.69) is 0 Å². The summed E-state index contributed by atoms with van der Waals surface area (Å²) in [7, 11) is 0. The fourth-order valence-electron chi connectivity index (χ4n) is 4.44. The minimum absolute atomic E-state index is 0.0139. The fourth-order valence-corrected chi connectivity index (χ4v) is 4.44. The molecule has 14 nitrogen and oxygen atoms in total. The first-order valence-electron chi connectivity index (χ1n) is 13.0. The molecule has 0 amide bonds. The summed E-state index contributed by atoms with van der Waals surface area (Å²) in [6.45, 7) is -0.574. The number of hydrogen-bond donors (Lipinski definition) is 8. The molecule has 230 valence electrons. The third-order valence-corrected chi connectivity index (χ3v) is 6.77. The molecule has 1 aliphatic heterocycles. The van der Waals surface area contributed by atoms with Crippen LogP contribution in [0.5, 0.6) is 34.5 Å². The number of ether oxygens (including phenoxy) is 3. The molecule has 1 fully saturated rings. The number of carbonyl (C=O) groups is 1. The van der Waals surface area contributed by atoms with Gasteiger partial charge in [0.15, 0.2) is 28.4 Å². The van der Waals surface area contributed by atoms with Gasteiger partial charge in [0.05, 0.1) is 0 Å². The van der Waals surface area contributed by atoms with Crippen LogP contribution in [0.15, 0.2) is 69.9 Å². The van der Waals surface area contributed by atoms with Crippen molar-refractivity contribution in [3.63, 3.8) is 0 Å². The maximum atomic E-state index is 12.7. The molecule has 1 aromatic heterocycles. The fraction of sp³-hybridized carbons (Fsp3) is 0.200. The van der Waals surface area contributed by atoms with E-state index < -0.39 is 66.0 Å². The van der Waals surface area contributed by atoms with Gasteiger partial charge in [0.1, 0.15) is 59.3 Å². The molecule has 14 heteroatoms. The summed E-state index contributed by atoms with van der Waals surface area (Å²) in [6, 6.07) is 10.9. The first-order chi connectivity index (χ1) is 20.9. The molecule has 0 spiro atoms. The molecule has 8 N–H and O–H groups in total. The highest BCUT2D eigenvalue weighted by molar-refractivity contribution is 5.87. The molecule has 4 aromatic rings. The van der Waals surface area contributed by atoms with Gasteiger partial charge in [0, 0.05) is 29.8 Å². The number of esters is 1. The molecule has 5 rings (SSSR count). The van der Waals surface area contributed by atoms with Crippen molar-refractivity contribution in [2.75, 3.05) is 6.61 Å². The second kappa shape index (κ2) is 12.1. The van der Waals surface area contributed by atoms with Gasteiger partial charge in [0.2, 0.25) is 6.29 Å². The Bertz CT molecular complexity index is 1800. The van der Waals surface area contributed by atoms with Gasteiger partial charge in [0.25, 0.3) is 0 Å². The normalized spacial score (nSPS) is 21.8. The summed E-state index contributed by atoms with van der Waals surface area (Å²) >= 11 is 0. The molecule has 1 saturated heterocycles. The van der Waals surface area contributed by atoms with E-state index in [1.54, 1.807) is 0 Å². The van der Waals surface area contributed by atoms with Crippen molar-refractivity contribution in [1.29, 1.82) is 0 Å². The van der Waals surface area contributed by atoms with E-state index >= 15 is 0 Å². The molecule has 0 radical (unpaired) electrons. The summed E-state index contributed by atoms with van der Waals surface area (Å²) in [5.41, 5.74) is -0.175. The van der Waals surface area contributed by atoms with E-state index in [1.807, 2.05) is 0 Å². The predicted molar refractivity (Wildman–Crippen MR) is 150 cm³/mol. The van der Waals surface area contributed by atoms with Crippen molar-refractivity contribution < 1.29 is 64.3 Å². The van der Waals surface area contributed by atoms with E-state index in [-0.39, 0.29) is 39.5 Å². The lowest BCUT2D eigenvalue weighted by Crippen LogP contribution is -2.60. The van der Waals surface area contributed by atoms with Crippen molar-refractivity contribution in [1.82, 2.24) is 0 Å². The number of carbonyl (C=O) groups excluding carboxylic acids is 1. The van der Waals surface area contributed by atoms with Crippen LogP contribution in [0.2, 0.25) is 0 Å². The Balaban J connectivity index is 1.32. The first-order valence-corrected chi connectivity index (χ1v) is 13.0. The first kappa shape index (κ1) is 30.2. The van der Waals surface area contributed by atoms with Crippen LogP contribution in [0.3, 0.4) is 0 Å². The number of aliphatic hydroxyl groups is 3. The van der Waals surface area contributed by atoms with E-state index in [0.29, 0.717) is 5.56 Å². The van der Waals surface area contributed by atoms with Gasteiger partial charge in [-0.15, -0.1) is 0 Å². The number of rotatable bonds is 7. The van der Waals surface area contributed by atoms with Gasteiger partial charge in [-0.1, -0.05) is 6.07 Å². The molecule has 0 unspecified atom stereocenters. The summed E-state index contributed by atoms with van der Waals surface area (Å²) in [5, 5.41) is 79.9. The molecule has 44 heavy (non-hydrogen) atoms. The van der Waals surface area contributed by atoms with Crippen molar-refractivity contribution in [3.8, 4) is 45.8 Å². The molecule has 2 heterocycles. The Morgan fingerprint density at radius 2 is 1.50 bits per heavy atom. The van der Waals surface area contributed by atoms with Crippen LogP contribution in [0.25, 0.3) is 28.4 Å². The molecular weight excluding hydrogens is 584 g/mol. The Morgan fingerprint density at radius 3 is 2.20 bits per heavy atom. The zero-order valence-electron chi connectivity index (χ0n) is 22.5. The highest BCUT2D eigenvalue weighted by atomic mass is 16.7. The van der Waals surface area contributed by atoms with Crippen LogP contribution >= 0.6 is 0 Å². The minimum atomic E-state index is -1.80. The third-order valence-electron chi connectivity index (χ3n) is 6.77. The van der Waals surface area contributed by atoms with Crippen LogP contribution in [0, 0.1) is 0 Å². The minimum Gasteiger partial charge on any atom is -0.507 e. The number of fused-ring (bicyclic) bond motifs is 1. The van der Waals surface area contributed by atoms with Crippen molar-refractivity contribution >= 4 is 23.0 Å². The van der Waals surface area contributed by atoms with Crippen molar-refractivity contribution in [2.45, 2.75) is 30.7 Å². The topological polar surface area (TPSA) is 237 Å². The van der Waals surface area contributed by atoms with Crippen LogP contribution in [0.4, 0.5) is 0 Å². The molecule has 1 aliphatic rings. The smallest absolute Gasteiger partial charge is 0.330 e. The second-order valence-corrected chi connectivity index (χ2v) is 9.84. The predicted octanol–water partition coefficient (Wildman–Crippen LogP) is 1.43. The van der Waals surface area contributed by atoms with E-state index in [1.165, 1.54) is 48.5 Å². The molecule has 3 aromatic carbocycles. The quantitative estimate of drug-likeness (QED) is 0.0840. The summed E-state index contributed by atoms with van der Waals surface area (Å²) in [5.74, 6) is -3.18. The maximum Gasteiger partial charge on any atom is 0.330 e. The zero-order valence-corrected chi connectivity index (χ0v) is 22.5. The van der Waals surface area contributed by atoms with E-state index in [9.17, 15) is 50.4 Å². The van der Waals surface area contributed by atoms with Gasteiger partial charge in [-0.2, -0.15) is 0 Å². The number of phenols is 5. The number of aromatic hydroxyl groups is 5. The standard InChI is InChI=1S/C30H26O14/c31-16-4-1-13(7-18(16)33)2-6-25(37)41-12-24-27(38)28(39)29(40)30(44-24)42-15-9-20(35)26-21(36)11-22(43-23(26)10-15)14-3-5-17(32)19(34)8-14/h1-11,24,27-35,38-40H,12H2/t24-,27-,28+,29-,30-/m1/s1. The lowest BCUT2D eigenvalue weighted by Gasteiger charge is -2.39. The SMILES string of the molecule is O=C(C=Cc1ccc(O)c(O)c1)OC[C@H]1O[C@@H](Oc2cc(O)c3c(=O)cc(-c4ccc(O)c(O)c4)oc3c2)[C@H](O)[C@@H](O)[C@@H]1O. The number of aliphatic hydroxyl groups excluding tert-OH is 3. The lowest BCUT2D eigenvalue weighted by molar-refractivity contribution is -0.278. The van der Waals surface area contributed by atoms with Crippen molar-refractivity contribution in [3.05, 3.63) is 76.5 Å². The van der Waals surface area contributed by atoms with Gasteiger partial charge >= 0.3 is 5.97 Å². The lowest BCUT2D eigenvalue weighted by atomic mass is 9.99. The molecule has 5 atom stereocenters. The number of benzene rings is 3. The summed E-state index contributed by atoms with van der Waals surface area (Å²) in [4.78, 5) is 24.9. The average molecular weight is 611 g/mol. The zero-order chi connectivity index (χ0) is 31.7. The highest BCUT2D eigenvalue weighted by Gasteiger charge is 2.45. The maximum absolute atomic E-state index is 12.7. The molecule has 0 saturated carbocycles. The monoisotopic (exact) mass is 610 g/mol. The van der Waals surface area contributed by atoms with Crippen LogP contribution in [0.1, 0.15) is 5.56 Å². The molecular formula is C30H26O14. The largest absolute Gasteiger partial charge is 0.507 e. The van der Waals surface area contributed by atoms with Crippen molar-refractivity contribution in [2.24, 2.45) is 0 Å². The Kier molecular flexibility index (Phi) is 8.33. The van der Waals surface area contributed by atoms with Gasteiger partial charge in [-0.25, -0.2) is 4.79 Å². The Morgan fingerprint density at radius 1 is 0.795 bits per heavy atom. The van der Waals surface area contributed by atoms with Gasteiger partial charge in [-0.05, 0) is 42.0 Å². The average Bonchev–Trinajstić information content (AvgIpc) is 2.98. The second-order valence-electron chi connectivity index (χ2n) is 9.84. The van der Waals surface area contributed by atoms with Crippen LogP contribution in [-0.4, -0.2) is 84.1 Å². The highest BCUT2D eigenvalue weighted by Crippen LogP contribution is 2.35.